The molecular weight excluding hydrogens is 238 g/mol. The molecule has 0 aliphatic carbocycles. The van der Waals surface area contributed by atoms with Gasteiger partial charge in [-0.15, -0.1) is 0 Å². The Labute approximate surface area is 115 Å². The first-order valence-corrected chi connectivity index (χ1v) is 6.84. The molecule has 1 fully saturated rings. The van der Waals surface area contributed by atoms with Gasteiger partial charge in [0.2, 0.25) is 5.91 Å². The zero-order valence-corrected chi connectivity index (χ0v) is 12.1. The summed E-state index contributed by atoms with van der Waals surface area (Å²) in [6, 6.07) is 4.08. The number of rotatable bonds is 3. The van der Waals surface area contributed by atoms with Gasteiger partial charge in [-0.05, 0) is 44.0 Å². The second-order valence-corrected chi connectivity index (χ2v) is 5.93. The molecule has 1 saturated heterocycles. The molecule has 2 rings (SSSR count). The van der Waals surface area contributed by atoms with E-state index in [4.69, 9.17) is 0 Å². The molecule has 4 heteroatoms. The maximum absolute atomic E-state index is 12.3. The van der Waals surface area contributed by atoms with Gasteiger partial charge in [-0.2, -0.15) is 0 Å². The monoisotopic (exact) mass is 261 g/mol. The molecule has 0 aromatic carbocycles. The molecule has 0 saturated carbocycles. The van der Waals surface area contributed by atoms with Crippen molar-refractivity contribution in [3.8, 4) is 0 Å². The van der Waals surface area contributed by atoms with Crippen molar-refractivity contribution < 1.29 is 4.79 Å². The number of carbonyl (C=O) groups is 1. The van der Waals surface area contributed by atoms with E-state index in [0.717, 1.165) is 32.5 Å². The van der Waals surface area contributed by atoms with Crippen molar-refractivity contribution in [1.82, 2.24) is 14.8 Å². The van der Waals surface area contributed by atoms with Gasteiger partial charge < -0.3 is 4.90 Å². The van der Waals surface area contributed by atoms with Crippen LogP contribution >= 0.6 is 0 Å². The molecule has 1 aromatic heterocycles. The number of carbonyl (C=O) groups excluding carboxylic acids is 1. The molecular formula is C15H23N3O. The lowest BCUT2D eigenvalue weighted by atomic mass is 9.80. The largest absolute Gasteiger partial charge is 0.348 e. The summed E-state index contributed by atoms with van der Waals surface area (Å²) in [6.07, 6.45) is 5.71. The predicted octanol–water partition coefficient (Wildman–Crippen LogP) is 1.77. The number of hydrogen-bond donors (Lipinski definition) is 0. The van der Waals surface area contributed by atoms with Crippen LogP contribution in [0.3, 0.4) is 0 Å². The minimum Gasteiger partial charge on any atom is -0.348 e. The summed E-state index contributed by atoms with van der Waals surface area (Å²) in [5.74, 6) is 0.243. The average molecular weight is 261 g/mol. The molecule has 19 heavy (non-hydrogen) atoms. The van der Waals surface area contributed by atoms with E-state index in [-0.39, 0.29) is 11.3 Å². The summed E-state index contributed by atoms with van der Waals surface area (Å²) in [4.78, 5) is 20.4. The topological polar surface area (TPSA) is 36.4 Å². The van der Waals surface area contributed by atoms with Gasteiger partial charge in [0.05, 0.1) is 5.41 Å². The second-order valence-electron chi connectivity index (χ2n) is 5.93. The van der Waals surface area contributed by atoms with Crippen molar-refractivity contribution in [3.05, 3.63) is 30.1 Å². The van der Waals surface area contributed by atoms with E-state index in [1.165, 1.54) is 5.56 Å². The maximum atomic E-state index is 12.3. The summed E-state index contributed by atoms with van der Waals surface area (Å²) >= 11 is 0. The minimum atomic E-state index is -0.241. The number of piperidine rings is 1. The zero-order valence-electron chi connectivity index (χ0n) is 12.1. The van der Waals surface area contributed by atoms with Crippen molar-refractivity contribution in [2.24, 2.45) is 5.41 Å². The molecule has 0 bridgehead atoms. The SMILES string of the molecule is CN(C)C(=O)C1(C)CCCN(Cc2ccncc2)C1. The van der Waals surface area contributed by atoms with Crippen molar-refractivity contribution in [2.75, 3.05) is 27.2 Å². The molecule has 104 valence electrons. The number of hydrogen-bond acceptors (Lipinski definition) is 3. The van der Waals surface area contributed by atoms with Crippen LogP contribution < -0.4 is 0 Å². The van der Waals surface area contributed by atoms with E-state index in [1.807, 2.05) is 38.6 Å². The van der Waals surface area contributed by atoms with Gasteiger partial charge in [0, 0.05) is 39.6 Å². The normalized spacial score (nSPS) is 24.2. The van der Waals surface area contributed by atoms with E-state index >= 15 is 0 Å². The average Bonchev–Trinajstić information content (AvgIpc) is 2.39. The third kappa shape index (κ3) is 3.32. The highest BCUT2D eigenvalue weighted by Crippen LogP contribution is 2.31. The molecule has 1 unspecified atom stereocenters. The van der Waals surface area contributed by atoms with Crippen molar-refractivity contribution >= 4 is 5.91 Å². The Morgan fingerprint density at radius 2 is 2.11 bits per heavy atom. The van der Waals surface area contributed by atoms with Crippen LogP contribution in [0.2, 0.25) is 0 Å². The van der Waals surface area contributed by atoms with Crippen LogP contribution in [-0.2, 0) is 11.3 Å². The smallest absolute Gasteiger partial charge is 0.229 e. The number of aromatic nitrogens is 1. The molecule has 0 spiro atoms. The molecule has 0 N–H and O–H groups in total. The maximum Gasteiger partial charge on any atom is 0.229 e. The van der Waals surface area contributed by atoms with Crippen LogP contribution in [0.15, 0.2) is 24.5 Å². The fraction of sp³-hybridized carbons (Fsp3) is 0.600. The van der Waals surface area contributed by atoms with Crippen LogP contribution in [-0.4, -0.2) is 47.9 Å². The molecule has 1 aliphatic heterocycles. The van der Waals surface area contributed by atoms with E-state index in [9.17, 15) is 4.79 Å². The van der Waals surface area contributed by atoms with E-state index in [2.05, 4.69) is 16.8 Å². The Kier molecular flexibility index (Phi) is 4.20. The van der Waals surface area contributed by atoms with Crippen molar-refractivity contribution in [2.45, 2.75) is 26.3 Å². The standard InChI is InChI=1S/C15H23N3O/c1-15(14(19)17(2)3)7-4-10-18(12-15)11-13-5-8-16-9-6-13/h5-6,8-9H,4,7,10-12H2,1-3H3. The highest BCUT2D eigenvalue weighted by molar-refractivity contribution is 5.82. The Balaban J connectivity index is 2.03. The van der Waals surface area contributed by atoms with Gasteiger partial charge in [-0.1, -0.05) is 0 Å². The van der Waals surface area contributed by atoms with Gasteiger partial charge in [0.15, 0.2) is 0 Å². The number of likely N-dealkylation sites (tertiary alicyclic amines) is 1. The van der Waals surface area contributed by atoms with Crippen LogP contribution in [0.4, 0.5) is 0 Å². The third-order valence-corrected chi connectivity index (χ3v) is 3.85. The first-order chi connectivity index (χ1) is 9.01. The predicted molar refractivity (Wildman–Crippen MR) is 75.5 cm³/mol. The molecule has 0 radical (unpaired) electrons. The summed E-state index contributed by atoms with van der Waals surface area (Å²) < 4.78 is 0. The van der Waals surface area contributed by atoms with E-state index < -0.39 is 0 Å². The van der Waals surface area contributed by atoms with Crippen LogP contribution in [0.5, 0.6) is 0 Å². The lowest BCUT2D eigenvalue weighted by molar-refractivity contribution is -0.141. The van der Waals surface area contributed by atoms with E-state index in [1.54, 1.807) is 4.90 Å². The van der Waals surface area contributed by atoms with Crippen LogP contribution in [0.25, 0.3) is 0 Å². The summed E-state index contributed by atoms with van der Waals surface area (Å²) in [7, 11) is 3.69. The van der Waals surface area contributed by atoms with Gasteiger partial charge in [-0.3, -0.25) is 14.7 Å². The fourth-order valence-electron chi connectivity index (χ4n) is 2.94. The van der Waals surface area contributed by atoms with Gasteiger partial charge >= 0.3 is 0 Å². The molecule has 2 heterocycles. The number of nitrogens with zero attached hydrogens (tertiary/aromatic N) is 3. The lowest BCUT2D eigenvalue weighted by Gasteiger charge is -2.40. The molecule has 1 aliphatic rings. The van der Waals surface area contributed by atoms with Gasteiger partial charge in [0.1, 0.15) is 0 Å². The summed E-state index contributed by atoms with van der Waals surface area (Å²) in [6.45, 7) is 4.90. The fourth-order valence-corrected chi connectivity index (χ4v) is 2.94. The molecule has 4 nitrogen and oxygen atoms in total. The molecule has 1 amide bonds. The first-order valence-electron chi connectivity index (χ1n) is 6.84. The Morgan fingerprint density at radius 3 is 2.74 bits per heavy atom. The second kappa shape index (κ2) is 5.70. The minimum absolute atomic E-state index is 0.241. The third-order valence-electron chi connectivity index (χ3n) is 3.85. The van der Waals surface area contributed by atoms with E-state index in [0.29, 0.717) is 0 Å². The van der Waals surface area contributed by atoms with Crippen molar-refractivity contribution in [3.63, 3.8) is 0 Å². The van der Waals surface area contributed by atoms with Crippen LogP contribution in [0.1, 0.15) is 25.3 Å². The quantitative estimate of drug-likeness (QED) is 0.832. The van der Waals surface area contributed by atoms with Crippen LogP contribution in [0, 0.1) is 5.41 Å². The van der Waals surface area contributed by atoms with Crippen molar-refractivity contribution in [1.29, 1.82) is 0 Å². The first kappa shape index (κ1) is 14.0. The zero-order chi connectivity index (χ0) is 13.9. The Bertz CT molecular complexity index is 432. The van der Waals surface area contributed by atoms with Gasteiger partial charge in [-0.25, -0.2) is 0 Å². The van der Waals surface area contributed by atoms with Gasteiger partial charge in [0.25, 0.3) is 0 Å². The number of amides is 1. The lowest BCUT2D eigenvalue weighted by Crippen LogP contribution is -2.49. The highest BCUT2D eigenvalue weighted by atomic mass is 16.2. The number of pyridine rings is 1. The Morgan fingerprint density at radius 1 is 1.42 bits per heavy atom. The molecule has 1 aromatic rings. The Hall–Kier alpha value is -1.42. The highest BCUT2D eigenvalue weighted by Gasteiger charge is 2.38. The molecule has 1 atom stereocenters. The summed E-state index contributed by atoms with van der Waals surface area (Å²) in [5.41, 5.74) is 1.02. The summed E-state index contributed by atoms with van der Waals surface area (Å²) in [5, 5.41) is 0.